The first-order valence-electron chi connectivity index (χ1n) is 5.55. The fraction of sp³-hybridized carbons (Fsp3) is 0.500. The van der Waals surface area contributed by atoms with Crippen molar-refractivity contribution in [1.29, 1.82) is 0 Å². The van der Waals surface area contributed by atoms with Gasteiger partial charge in [0.2, 0.25) is 0 Å². The topological polar surface area (TPSA) is 46.2 Å². The molecule has 1 aromatic carbocycles. The van der Waals surface area contributed by atoms with Gasteiger partial charge in [-0.2, -0.15) is 0 Å². The highest BCUT2D eigenvalue weighted by Gasteiger charge is 2.15. The van der Waals surface area contributed by atoms with Crippen LogP contribution in [0.1, 0.15) is 12.0 Å². The lowest BCUT2D eigenvalue weighted by Crippen LogP contribution is -2.11. The van der Waals surface area contributed by atoms with Crippen LogP contribution in [0.25, 0.3) is 0 Å². The van der Waals surface area contributed by atoms with Gasteiger partial charge in [0.15, 0.2) is 9.84 Å². The first-order chi connectivity index (χ1) is 7.55. The molecule has 0 aliphatic carbocycles. The second-order valence-electron chi connectivity index (χ2n) is 4.48. The van der Waals surface area contributed by atoms with Gasteiger partial charge in [0, 0.05) is 6.26 Å². The summed E-state index contributed by atoms with van der Waals surface area (Å²) < 4.78 is 22.8. The normalized spacial score (nSPS) is 21.2. The maximum Gasteiger partial charge on any atom is 0.175 e. The van der Waals surface area contributed by atoms with Crippen molar-refractivity contribution in [2.75, 3.05) is 19.3 Å². The molecular formula is C12H17NO2S. The molecule has 0 spiro atoms. The smallest absolute Gasteiger partial charge is 0.175 e. The predicted octanol–water partition coefficient (Wildman–Crippen LogP) is 1.24. The molecule has 1 aromatic rings. The molecule has 0 aromatic heterocycles. The molecule has 1 saturated heterocycles. The Morgan fingerprint density at radius 2 is 2.25 bits per heavy atom. The Bertz CT molecular complexity index is 462. The molecule has 1 heterocycles. The van der Waals surface area contributed by atoms with Crippen molar-refractivity contribution >= 4 is 9.84 Å². The molecule has 88 valence electrons. The Balaban J connectivity index is 2.16. The van der Waals surface area contributed by atoms with Crippen LogP contribution in [0.4, 0.5) is 0 Å². The Hall–Kier alpha value is -0.870. The monoisotopic (exact) mass is 239 g/mol. The fourth-order valence-electron chi connectivity index (χ4n) is 2.13. The van der Waals surface area contributed by atoms with E-state index in [4.69, 9.17) is 0 Å². The summed E-state index contributed by atoms with van der Waals surface area (Å²) in [4.78, 5) is 0.427. The van der Waals surface area contributed by atoms with Crippen molar-refractivity contribution in [3.05, 3.63) is 29.8 Å². The third-order valence-electron chi connectivity index (χ3n) is 3.01. The molecule has 16 heavy (non-hydrogen) atoms. The highest BCUT2D eigenvalue weighted by Crippen LogP contribution is 2.18. The van der Waals surface area contributed by atoms with E-state index in [1.165, 1.54) is 12.7 Å². The van der Waals surface area contributed by atoms with E-state index in [0.29, 0.717) is 10.8 Å². The van der Waals surface area contributed by atoms with E-state index in [2.05, 4.69) is 5.32 Å². The average molecular weight is 239 g/mol. The van der Waals surface area contributed by atoms with E-state index in [9.17, 15) is 8.42 Å². The lowest BCUT2D eigenvalue weighted by molar-refractivity contribution is 0.578. The van der Waals surface area contributed by atoms with Gasteiger partial charge < -0.3 is 5.32 Å². The molecule has 0 saturated carbocycles. The zero-order valence-corrected chi connectivity index (χ0v) is 10.3. The van der Waals surface area contributed by atoms with Crippen LogP contribution < -0.4 is 5.32 Å². The minimum Gasteiger partial charge on any atom is -0.316 e. The number of benzene rings is 1. The molecule has 1 unspecified atom stereocenters. The van der Waals surface area contributed by atoms with Crippen molar-refractivity contribution in [2.45, 2.75) is 17.7 Å². The summed E-state index contributed by atoms with van der Waals surface area (Å²) in [6.07, 6.45) is 3.41. The number of hydrogen-bond acceptors (Lipinski definition) is 3. The Labute approximate surface area is 96.8 Å². The van der Waals surface area contributed by atoms with Gasteiger partial charge in [-0.25, -0.2) is 8.42 Å². The molecule has 1 atom stereocenters. The summed E-state index contributed by atoms with van der Waals surface area (Å²) in [6, 6.07) is 7.29. The molecule has 2 rings (SSSR count). The van der Waals surface area contributed by atoms with Crippen molar-refractivity contribution in [3.63, 3.8) is 0 Å². The molecule has 3 nitrogen and oxygen atoms in total. The van der Waals surface area contributed by atoms with Gasteiger partial charge in [-0.3, -0.25) is 0 Å². The minimum absolute atomic E-state index is 0.427. The van der Waals surface area contributed by atoms with Crippen LogP contribution >= 0.6 is 0 Å². The highest BCUT2D eigenvalue weighted by molar-refractivity contribution is 7.90. The van der Waals surface area contributed by atoms with Crippen LogP contribution in [-0.2, 0) is 16.3 Å². The molecule has 0 radical (unpaired) electrons. The van der Waals surface area contributed by atoms with E-state index in [0.717, 1.165) is 25.1 Å². The standard InChI is InChI=1S/C12H17NO2S/c1-16(14,15)12-4-2-3-10(8-12)7-11-5-6-13-9-11/h2-4,8,11,13H,5-7,9H2,1H3. The minimum atomic E-state index is -3.07. The quantitative estimate of drug-likeness (QED) is 0.863. The van der Waals surface area contributed by atoms with Crippen LogP contribution in [0.5, 0.6) is 0 Å². The SMILES string of the molecule is CS(=O)(=O)c1cccc(CC2CCNC2)c1. The molecule has 1 aliphatic heterocycles. The summed E-state index contributed by atoms with van der Waals surface area (Å²) >= 11 is 0. The second kappa shape index (κ2) is 4.55. The zero-order chi connectivity index (χ0) is 11.6. The maximum absolute atomic E-state index is 11.4. The number of rotatable bonds is 3. The summed E-state index contributed by atoms with van der Waals surface area (Å²) in [5, 5.41) is 3.32. The number of hydrogen-bond donors (Lipinski definition) is 1. The van der Waals surface area contributed by atoms with Gasteiger partial charge in [0.1, 0.15) is 0 Å². The van der Waals surface area contributed by atoms with Crippen LogP contribution in [0.15, 0.2) is 29.2 Å². The highest BCUT2D eigenvalue weighted by atomic mass is 32.2. The Morgan fingerprint density at radius 1 is 1.44 bits per heavy atom. The van der Waals surface area contributed by atoms with Crippen molar-refractivity contribution < 1.29 is 8.42 Å². The van der Waals surface area contributed by atoms with E-state index in [-0.39, 0.29) is 0 Å². The fourth-order valence-corrected chi connectivity index (χ4v) is 2.82. The lowest BCUT2D eigenvalue weighted by atomic mass is 9.99. The maximum atomic E-state index is 11.4. The summed E-state index contributed by atoms with van der Waals surface area (Å²) in [6.45, 7) is 2.12. The number of sulfone groups is 1. The van der Waals surface area contributed by atoms with Crippen LogP contribution in [0.2, 0.25) is 0 Å². The van der Waals surface area contributed by atoms with Crippen LogP contribution in [-0.4, -0.2) is 27.8 Å². The summed E-state index contributed by atoms with van der Waals surface area (Å²) in [5.74, 6) is 0.648. The van der Waals surface area contributed by atoms with Crippen LogP contribution in [0, 0.1) is 5.92 Å². The third kappa shape index (κ3) is 2.83. The number of nitrogens with one attached hydrogen (secondary N) is 1. The Kier molecular flexibility index (Phi) is 3.30. The van der Waals surface area contributed by atoms with Gasteiger partial charge in [0.25, 0.3) is 0 Å². The molecule has 1 fully saturated rings. The zero-order valence-electron chi connectivity index (χ0n) is 9.44. The third-order valence-corrected chi connectivity index (χ3v) is 4.12. The second-order valence-corrected chi connectivity index (χ2v) is 6.50. The van der Waals surface area contributed by atoms with Gasteiger partial charge in [-0.05, 0) is 49.5 Å². The van der Waals surface area contributed by atoms with Crippen molar-refractivity contribution in [1.82, 2.24) is 5.32 Å². The molecule has 0 bridgehead atoms. The molecule has 4 heteroatoms. The van der Waals surface area contributed by atoms with E-state index < -0.39 is 9.84 Å². The lowest BCUT2D eigenvalue weighted by Gasteiger charge is -2.09. The van der Waals surface area contributed by atoms with Gasteiger partial charge >= 0.3 is 0 Å². The van der Waals surface area contributed by atoms with E-state index in [1.807, 2.05) is 12.1 Å². The predicted molar refractivity (Wildman–Crippen MR) is 64.2 cm³/mol. The summed E-state index contributed by atoms with van der Waals surface area (Å²) in [7, 11) is -3.07. The first kappa shape index (κ1) is 11.6. The van der Waals surface area contributed by atoms with Crippen LogP contribution in [0.3, 0.4) is 0 Å². The largest absolute Gasteiger partial charge is 0.316 e. The summed E-state index contributed by atoms with van der Waals surface area (Å²) in [5.41, 5.74) is 1.12. The van der Waals surface area contributed by atoms with Gasteiger partial charge in [-0.15, -0.1) is 0 Å². The van der Waals surface area contributed by atoms with Crippen molar-refractivity contribution in [3.8, 4) is 0 Å². The van der Waals surface area contributed by atoms with E-state index >= 15 is 0 Å². The molecule has 1 aliphatic rings. The molecule has 1 N–H and O–H groups in total. The first-order valence-corrected chi connectivity index (χ1v) is 7.44. The van der Waals surface area contributed by atoms with Crippen molar-refractivity contribution in [2.24, 2.45) is 5.92 Å². The Morgan fingerprint density at radius 3 is 2.88 bits per heavy atom. The molecule has 0 amide bonds. The van der Waals surface area contributed by atoms with Gasteiger partial charge in [0.05, 0.1) is 4.90 Å². The molecular weight excluding hydrogens is 222 g/mol. The van der Waals surface area contributed by atoms with Gasteiger partial charge in [-0.1, -0.05) is 12.1 Å². The van der Waals surface area contributed by atoms with E-state index in [1.54, 1.807) is 12.1 Å². The average Bonchev–Trinajstić information content (AvgIpc) is 2.70.